The number of benzene rings is 2. The molecule has 0 aromatic heterocycles. The summed E-state index contributed by atoms with van der Waals surface area (Å²) in [6.07, 6.45) is 0. The summed E-state index contributed by atoms with van der Waals surface area (Å²) in [5.41, 5.74) is 3.70. The Balaban J connectivity index is 2.29. The third-order valence-electron chi connectivity index (χ3n) is 3.88. The van der Waals surface area contributed by atoms with E-state index in [1.807, 2.05) is 19.1 Å². The second-order valence-electron chi connectivity index (χ2n) is 6.28. The van der Waals surface area contributed by atoms with Crippen LogP contribution in [0.15, 0.2) is 36.4 Å². The van der Waals surface area contributed by atoms with Crippen LogP contribution in [0.2, 0.25) is 0 Å². The third-order valence-corrected chi connectivity index (χ3v) is 3.88. The van der Waals surface area contributed by atoms with Gasteiger partial charge >= 0.3 is 0 Å². The molecule has 0 spiro atoms. The fourth-order valence-corrected chi connectivity index (χ4v) is 2.65. The van der Waals surface area contributed by atoms with E-state index in [4.69, 9.17) is 4.74 Å². The van der Waals surface area contributed by atoms with Crippen LogP contribution in [0.1, 0.15) is 48.2 Å². The minimum Gasteiger partial charge on any atom is -0.496 e. The van der Waals surface area contributed by atoms with Crippen molar-refractivity contribution in [3.05, 3.63) is 53.1 Å². The molecule has 5 nitrogen and oxygen atoms in total. The first-order valence-electron chi connectivity index (χ1n) is 8.19. The monoisotopic (exact) mass is 340 g/mol. The molecule has 5 heteroatoms. The van der Waals surface area contributed by atoms with E-state index in [-0.39, 0.29) is 17.7 Å². The molecule has 2 amide bonds. The van der Waals surface area contributed by atoms with Gasteiger partial charge < -0.3 is 15.4 Å². The van der Waals surface area contributed by atoms with Gasteiger partial charge in [0.2, 0.25) is 5.91 Å². The van der Waals surface area contributed by atoms with Crippen LogP contribution in [0.3, 0.4) is 0 Å². The number of hydrogen-bond acceptors (Lipinski definition) is 3. The van der Waals surface area contributed by atoms with Crippen LogP contribution in [0.4, 0.5) is 11.4 Å². The normalized spacial score (nSPS) is 10.5. The summed E-state index contributed by atoms with van der Waals surface area (Å²) in [5, 5.41) is 5.59. The minimum atomic E-state index is -0.193. The Morgan fingerprint density at radius 1 is 1.04 bits per heavy atom. The molecule has 0 atom stereocenters. The first-order valence-corrected chi connectivity index (χ1v) is 8.19. The standard InChI is InChI=1S/C20H24N2O3/c1-12(2)17-11-18(13(3)9-19(17)25-5)20(24)22-16-8-6-7-15(10-16)21-14(4)23/h6-12H,1-5H3,(H,21,23)(H,22,24). The maximum Gasteiger partial charge on any atom is 0.255 e. The zero-order chi connectivity index (χ0) is 18.6. The lowest BCUT2D eigenvalue weighted by Crippen LogP contribution is -2.15. The largest absolute Gasteiger partial charge is 0.496 e. The fraction of sp³-hybridized carbons (Fsp3) is 0.300. The maximum absolute atomic E-state index is 12.7. The lowest BCUT2D eigenvalue weighted by atomic mass is 9.96. The molecule has 0 aliphatic carbocycles. The van der Waals surface area contributed by atoms with Crippen LogP contribution < -0.4 is 15.4 Å². The van der Waals surface area contributed by atoms with Crippen LogP contribution >= 0.6 is 0 Å². The summed E-state index contributed by atoms with van der Waals surface area (Å²) in [6.45, 7) is 7.45. The Morgan fingerprint density at radius 2 is 1.68 bits per heavy atom. The van der Waals surface area contributed by atoms with Gasteiger partial charge in [-0.3, -0.25) is 9.59 Å². The van der Waals surface area contributed by atoms with Gasteiger partial charge in [0, 0.05) is 23.9 Å². The van der Waals surface area contributed by atoms with Gasteiger partial charge in [-0.05, 0) is 54.3 Å². The Kier molecular flexibility index (Phi) is 5.80. The first kappa shape index (κ1) is 18.5. The predicted molar refractivity (Wildman–Crippen MR) is 101 cm³/mol. The van der Waals surface area contributed by atoms with E-state index in [0.29, 0.717) is 16.9 Å². The number of aryl methyl sites for hydroxylation is 1. The van der Waals surface area contributed by atoms with Crippen LogP contribution in [0, 0.1) is 6.92 Å². The number of hydrogen-bond donors (Lipinski definition) is 2. The Hall–Kier alpha value is -2.82. The van der Waals surface area contributed by atoms with Crippen molar-refractivity contribution in [2.24, 2.45) is 0 Å². The van der Waals surface area contributed by atoms with Crippen molar-refractivity contribution in [2.75, 3.05) is 17.7 Å². The van der Waals surface area contributed by atoms with Crippen LogP contribution in [-0.2, 0) is 4.79 Å². The number of methoxy groups -OCH3 is 1. The second-order valence-corrected chi connectivity index (χ2v) is 6.28. The predicted octanol–water partition coefficient (Wildman–Crippen LogP) is 4.34. The van der Waals surface area contributed by atoms with Gasteiger partial charge in [-0.15, -0.1) is 0 Å². The number of carbonyl (C=O) groups excluding carboxylic acids is 2. The fourth-order valence-electron chi connectivity index (χ4n) is 2.65. The molecule has 0 saturated carbocycles. The highest BCUT2D eigenvalue weighted by Crippen LogP contribution is 2.30. The number of amides is 2. The summed E-state index contributed by atoms with van der Waals surface area (Å²) in [4.78, 5) is 23.9. The van der Waals surface area contributed by atoms with Gasteiger partial charge in [-0.25, -0.2) is 0 Å². The van der Waals surface area contributed by atoms with Crippen molar-refractivity contribution < 1.29 is 14.3 Å². The molecule has 0 bridgehead atoms. The smallest absolute Gasteiger partial charge is 0.255 e. The third kappa shape index (κ3) is 4.59. The molecule has 0 heterocycles. The zero-order valence-electron chi connectivity index (χ0n) is 15.3. The molecule has 0 aliphatic heterocycles. The molecule has 0 saturated heterocycles. The van der Waals surface area contributed by atoms with Gasteiger partial charge in [-0.1, -0.05) is 19.9 Å². The van der Waals surface area contributed by atoms with E-state index >= 15 is 0 Å². The molecule has 2 rings (SSSR count). The molecule has 0 unspecified atom stereocenters. The summed E-state index contributed by atoms with van der Waals surface area (Å²) in [6, 6.07) is 10.8. The Morgan fingerprint density at radius 3 is 2.24 bits per heavy atom. The Labute approximate surface area is 148 Å². The van der Waals surface area contributed by atoms with Crippen LogP contribution in [0.25, 0.3) is 0 Å². The summed E-state index contributed by atoms with van der Waals surface area (Å²) < 4.78 is 5.42. The first-order chi connectivity index (χ1) is 11.8. The lowest BCUT2D eigenvalue weighted by molar-refractivity contribution is -0.114. The highest BCUT2D eigenvalue weighted by molar-refractivity contribution is 6.06. The van der Waals surface area contributed by atoms with Crippen LogP contribution in [-0.4, -0.2) is 18.9 Å². The highest BCUT2D eigenvalue weighted by Gasteiger charge is 2.16. The number of ether oxygens (including phenoxy) is 1. The molecule has 2 aromatic rings. The van der Waals surface area contributed by atoms with Crippen molar-refractivity contribution >= 4 is 23.2 Å². The van der Waals surface area contributed by atoms with Crippen molar-refractivity contribution in [3.63, 3.8) is 0 Å². The molecule has 0 radical (unpaired) electrons. The maximum atomic E-state index is 12.7. The van der Waals surface area contributed by atoms with Gasteiger partial charge in [0.15, 0.2) is 0 Å². The van der Waals surface area contributed by atoms with E-state index in [2.05, 4.69) is 24.5 Å². The lowest BCUT2D eigenvalue weighted by Gasteiger charge is -2.16. The minimum absolute atomic E-state index is 0.156. The molecule has 0 fully saturated rings. The average Bonchev–Trinajstić information content (AvgIpc) is 2.53. The molecule has 2 N–H and O–H groups in total. The van der Waals surface area contributed by atoms with E-state index in [9.17, 15) is 9.59 Å². The van der Waals surface area contributed by atoms with Crippen molar-refractivity contribution in [1.29, 1.82) is 0 Å². The van der Waals surface area contributed by atoms with Crippen LogP contribution in [0.5, 0.6) is 5.75 Å². The topological polar surface area (TPSA) is 67.4 Å². The molecule has 0 aliphatic rings. The molecule has 132 valence electrons. The molecular formula is C20H24N2O3. The van der Waals surface area contributed by atoms with Crippen molar-refractivity contribution in [1.82, 2.24) is 0 Å². The average molecular weight is 340 g/mol. The number of carbonyl (C=O) groups is 2. The second kappa shape index (κ2) is 7.83. The van der Waals surface area contributed by atoms with Crippen molar-refractivity contribution in [3.8, 4) is 5.75 Å². The molecular weight excluding hydrogens is 316 g/mol. The van der Waals surface area contributed by atoms with Crippen molar-refractivity contribution in [2.45, 2.75) is 33.6 Å². The van der Waals surface area contributed by atoms with Gasteiger partial charge in [0.25, 0.3) is 5.91 Å². The number of rotatable bonds is 5. The van der Waals surface area contributed by atoms with E-state index < -0.39 is 0 Å². The quantitative estimate of drug-likeness (QED) is 0.851. The molecule has 25 heavy (non-hydrogen) atoms. The van der Waals surface area contributed by atoms with Gasteiger partial charge in [-0.2, -0.15) is 0 Å². The summed E-state index contributed by atoms with van der Waals surface area (Å²) >= 11 is 0. The SMILES string of the molecule is COc1cc(C)c(C(=O)Nc2cccc(NC(C)=O)c2)cc1C(C)C. The summed E-state index contributed by atoms with van der Waals surface area (Å²) in [7, 11) is 1.63. The van der Waals surface area contributed by atoms with E-state index in [1.165, 1.54) is 6.92 Å². The van der Waals surface area contributed by atoms with E-state index in [0.717, 1.165) is 16.9 Å². The Bertz CT molecular complexity index is 798. The molecule has 2 aromatic carbocycles. The number of anilines is 2. The zero-order valence-corrected chi connectivity index (χ0v) is 15.3. The summed E-state index contributed by atoms with van der Waals surface area (Å²) in [5.74, 6) is 0.681. The van der Waals surface area contributed by atoms with E-state index in [1.54, 1.807) is 31.4 Å². The highest BCUT2D eigenvalue weighted by atomic mass is 16.5. The number of nitrogens with one attached hydrogen (secondary N) is 2. The van der Waals surface area contributed by atoms with Gasteiger partial charge in [0.05, 0.1) is 7.11 Å². The van der Waals surface area contributed by atoms with Gasteiger partial charge in [0.1, 0.15) is 5.75 Å².